The third-order valence-electron chi connectivity index (χ3n) is 3.23. The summed E-state index contributed by atoms with van der Waals surface area (Å²) < 4.78 is 59.5. The maximum atomic E-state index is 12.4. The van der Waals surface area contributed by atoms with Gasteiger partial charge in [0, 0.05) is 6.04 Å². The predicted octanol–water partition coefficient (Wildman–Crippen LogP) is 0.850. The van der Waals surface area contributed by atoms with Crippen LogP contribution in [0.15, 0.2) is 11.0 Å². The minimum Gasteiger partial charge on any atom is -0.292 e. The van der Waals surface area contributed by atoms with E-state index >= 15 is 0 Å². The summed E-state index contributed by atoms with van der Waals surface area (Å²) >= 11 is 0. The molecule has 2 heterocycles. The molecule has 96 valence electrons. The van der Waals surface area contributed by atoms with Crippen LogP contribution in [0.5, 0.6) is 0 Å². The van der Waals surface area contributed by atoms with Crippen molar-refractivity contribution in [1.82, 2.24) is 4.90 Å². The molecule has 2 aliphatic heterocycles. The van der Waals surface area contributed by atoms with Crippen LogP contribution < -0.4 is 0 Å². The van der Waals surface area contributed by atoms with E-state index in [4.69, 9.17) is 0 Å². The number of carbonyl (C=O) groups excluding carboxylic acids is 1. The van der Waals surface area contributed by atoms with E-state index in [0.717, 1.165) is 6.08 Å². The first-order valence-electron chi connectivity index (χ1n) is 4.95. The molecule has 0 aromatic rings. The van der Waals surface area contributed by atoms with Crippen molar-refractivity contribution < 1.29 is 26.4 Å². The van der Waals surface area contributed by atoms with Crippen molar-refractivity contribution in [3.05, 3.63) is 11.0 Å². The Bertz CT molecular complexity index is 494. The van der Waals surface area contributed by atoms with Crippen LogP contribution in [-0.4, -0.2) is 43.7 Å². The van der Waals surface area contributed by atoms with Gasteiger partial charge in [0.05, 0.1) is 6.04 Å². The van der Waals surface area contributed by atoms with Gasteiger partial charge < -0.3 is 0 Å². The molecular weight excluding hydrogens is 259 g/mol. The van der Waals surface area contributed by atoms with Crippen LogP contribution in [0.4, 0.5) is 13.2 Å². The molecule has 1 saturated heterocycles. The second-order valence-corrected chi connectivity index (χ2v) is 6.08. The maximum Gasteiger partial charge on any atom is 0.502 e. The van der Waals surface area contributed by atoms with Gasteiger partial charge in [-0.2, -0.15) is 13.2 Å². The monoisotopic (exact) mass is 269 g/mol. The van der Waals surface area contributed by atoms with Gasteiger partial charge in [-0.15, -0.1) is 0 Å². The molecule has 0 aromatic heterocycles. The van der Waals surface area contributed by atoms with Crippen LogP contribution in [0.3, 0.4) is 0 Å². The Morgan fingerprint density at radius 2 is 1.94 bits per heavy atom. The number of hydrogen-bond acceptors (Lipinski definition) is 4. The van der Waals surface area contributed by atoms with Gasteiger partial charge >= 0.3 is 5.51 Å². The van der Waals surface area contributed by atoms with Crippen molar-refractivity contribution in [2.45, 2.75) is 30.4 Å². The van der Waals surface area contributed by atoms with Crippen molar-refractivity contribution in [3.63, 3.8) is 0 Å². The number of rotatable bonds is 1. The normalized spacial score (nSPS) is 30.6. The third-order valence-corrected chi connectivity index (χ3v) is 4.76. The van der Waals surface area contributed by atoms with Crippen LogP contribution in [0, 0.1) is 0 Å². The third kappa shape index (κ3) is 1.70. The predicted molar refractivity (Wildman–Crippen MR) is 52.6 cm³/mol. The summed E-state index contributed by atoms with van der Waals surface area (Å²) in [6.07, 6.45) is 1.83. The Morgan fingerprint density at radius 3 is 2.47 bits per heavy atom. The summed E-state index contributed by atoms with van der Waals surface area (Å²) in [6.45, 7) is 0. The molecule has 0 N–H and O–H groups in total. The highest BCUT2D eigenvalue weighted by molar-refractivity contribution is 7.97. The largest absolute Gasteiger partial charge is 0.502 e. The molecular formula is C9H10F3NO3S. The highest BCUT2D eigenvalue weighted by atomic mass is 32.2. The molecule has 17 heavy (non-hydrogen) atoms. The SMILES string of the molecule is CN1C2C=C(S(=O)(=O)C(F)(F)F)C(=O)C1CC2. The van der Waals surface area contributed by atoms with E-state index in [-0.39, 0.29) is 0 Å². The van der Waals surface area contributed by atoms with Crippen LogP contribution in [-0.2, 0) is 14.6 Å². The average molecular weight is 269 g/mol. The fourth-order valence-electron chi connectivity index (χ4n) is 2.25. The van der Waals surface area contributed by atoms with E-state index in [1.54, 1.807) is 11.9 Å². The quantitative estimate of drug-likeness (QED) is 0.708. The first-order valence-corrected chi connectivity index (χ1v) is 6.44. The number of Topliss-reactive ketones (excluding diaryl/α,β-unsaturated/α-hetero) is 1. The summed E-state index contributed by atoms with van der Waals surface area (Å²) in [7, 11) is -3.91. The lowest BCUT2D eigenvalue weighted by Crippen LogP contribution is -2.45. The number of nitrogens with zero attached hydrogens (tertiary/aromatic N) is 1. The summed E-state index contributed by atoms with van der Waals surface area (Å²) in [5, 5.41) is 0. The first kappa shape index (κ1) is 12.6. The van der Waals surface area contributed by atoms with Gasteiger partial charge in [-0.3, -0.25) is 9.69 Å². The number of alkyl halides is 3. The minimum atomic E-state index is -5.51. The van der Waals surface area contributed by atoms with E-state index in [2.05, 4.69) is 0 Å². The van der Waals surface area contributed by atoms with Crippen molar-refractivity contribution in [2.75, 3.05) is 7.05 Å². The lowest BCUT2D eigenvalue weighted by molar-refractivity contribution is -0.119. The molecule has 4 nitrogen and oxygen atoms in total. The summed E-state index contributed by atoms with van der Waals surface area (Å²) in [6, 6.07) is -1.14. The fourth-order valence-corrected chi connectivity index (χ4v) is 3.24. The zero-order chi connectivity index (χ0) is 13.0. The van der Waals surface area contributed by atoms with Gasteiger partial charge in [0.15, 0.2) is 5.78 Å². The number of hydrogen-bond donors (Lipinski definition) is 0. The summed E-state index contributed by atoms with van der Waals surface area (Å²) in [5.74, 6) is -0.946. The second-order valence-electron chi connectivity index (χ2n) is 4.17. The van der Waals surface area contributed by atoms with E-state index < -0.39 is 38.1 Å². The summed E-state index contributed by atoms with van der Waals surface area (Å²) in [5.41, 5.74) is -5.41. The van der Waals surface area contributed by atoms with Gasteiger partial charge in [-0.05, 0) is 26.0 Å². The molecule has 2 aliphatic rings. The van der Waals surface area contributed by atoms with Gasteiger partial charge in [0.25, 0.3) is 9.84 Å². The maximum absolute atomic E-state index is 12.4. The number of halogens is 3. The van der Waals surface area contributed by atoms with Crippen molar-refractivity contribution in [1.29, 1.82) is 0 Å². The number of carbonyl (C=O) groups is 1. The van der Waals surface area contributed by atoms with Gasteiger partial charge in [0.2, 0.25) is 0 Å². The number of likely N-dealkylation sites (N-methyl/N-ethyl adjacent to an activating group) is 1. The molecule has 2 rings (SSSR count). The van der Waals surface area contributed by atoms with E-state index in [9.17, 15) is 26.4 Å². The van der Waals surface area contributed by atoms with Crippen molar-refractivity contribution >= 4 is 15.6 Å². The highest BCUT2D eigenvalue weighted by Crippen LogP contribution is 2.38. The molecule has 2 bridgehead atoms. The zero-order valence-corrected chi connectivity index (χ0v) is 9.68. The van der Waals surface area contributed by atoms with Gasteiger partial charge in [0.1, 0.15) is 4.91 Å². The zero-order valence-electron chi connectivity index (χ0n) is 8.86. The highest BCUT2D eigenvalue weighted by Gasteiger charge is 2.54. The lowest BCUT2D eigenvalue weighted by atomic mass is 10.1. The Morgan fingerprint density at radius 1 is 1.35 bits per heavy atom. The Hall–Kier alpha value is -0.890. The van der Waals surface area contributed by atoms with Crippen LogP contribution in [0.1, 0.15) is 12.8 Å². The van der Waals surface area contributed by atoms with Gasteiger partial charge in [-0.25, -0.2) is 8.42 Å². The van der Waals surface area contributed by atoms with Gasteiger partial charge in [-0.1, -0.05) is 0 Å². The number of fused-ring (bicyclic) bond motifs is 2. The Balaban J connectivity index is 2.49. The Kier molecular flexibility index (Phi) is 2.62. The second kappa shape index (κ2) is 3.55. The molecule has 1 fully saturated rings. The molecule has 0 aliphatic carbocycles. The average Bonchev–Trinajstić information content (AvgIpc) is 2.41. The van der Waals surface area contributed by atoms with Crippen LogP contribution >= 0.6 is 0 Å². The van der Waals surface area contributed by atoms with E-state index in [1.807, 2.05) is 0 Å². The van der Waals surface area contributed by atoms with Crippen LogP contribution in [0.2, 0.25) is 0 Å². The van der Waals surface area contributed by atoms with Crippen molar-refractivity contribution in [3.8, 4) is 0 Å². The van der Waals surface area contributed by atoms with E-state index in [1.165, 1.54) is 0 Å². The number of sulfone groups is 1. The molecule has 0 saturated carbocycles. The fraction of sp³-hybridized carbons (Fsp3) is 0.667. The molecule has 0 spiro atoms. The van der Waals surface area contributed by atoms with Crippen molar-refractivity contribution in [2.24, 2.45) is 0 Å². The lowest BCUT2D eigenvalue weighted by Gasteiger charge is -2.28. The van der Waals surface area contributed by atoms with Crippen LogP contribution in [0.25, 0.3) is 0 Å². The minimum absolute atomic E-state index is 0.396. The van der Waals surface area contributed by atoms with E-state index in [0.29, 0.717) is 12.8 Å². The Labute approximate surface area is 96.0 Å². The summed E-state index contributed by atoms with van der Waals surface area (Å²) in [4.78, 5) is 12.2. The topological polar surface area (TPSA) is 54.5 Å². The first-order chi connectivity index (χ1) is 7.66. The number of ketones is 1. The molecule has 2 unspecified atom stereocenters. The molecule has 0 amide bonds. The molecule has 0 radical (unpaired) electrons. The molecule has 8 heteroatoms. The standard InChI is InChI=1S/C9H10F3NO3S/c1-13-5-2-3-6(13)8(14)7(4-5)17(15,16)9(10,11)12/h4-6H,2-3H2,1H3. The molecule has 2 atom stereocenters. The molecule has 0 aromatic carbocycles. The smallest absolute Gasteiger partial charge is 0.292 e.